The molecular weight excluding hydrogens is 1790 g/mol. The molecule has 20 aromatic rings. The second kappa shape index (κ2) is 42.4. The third-order valence-corrected chi connectivity index (χ3v) is 25.3. The number of para-hydroxylation sites is 4. The van der Waals surface area contributed by atoms with E-state index < -0.39 is 0 Å². The minimum atomic E-state index is -0.198. The van der Waals surface area contributed by atoms with Crippen molar-refractivity contribution in [1.82, 2.24) is 38.2 Å². The summed E-state index contributed by atoms with van der Waals surface area (Å²) in [4.78, 5) is 77.4. The van der Waals surface area contributed by atoms with Gasteiger partial charge in [0.15, 0.2) is 0 Å². The van der Waals surface area contributed by atoms with Gasteiger partial charge in [0.2, 0.25) is 0 Å². The van der Waals surface area contributed by atoms with Gasteiger partial charge in [0.25, 0.3) is 22.2 Å². The number of phenols is 5. The maximum absolute atomic E-state index is 13.6. The van der Waals surface area contributed by atoms with Crippen LogP contribution in [0.3, 0.4) is 0 Å². The highest BCUT2D eigenvalue weighted by molar-refractivity contribution is 7.11. The molecule has 21 heteroatoms. The van der Waals surface area contributed by atoms with Crippen LogP contribution in [0.2, 0.25) is 0 Å². The summed E-state index contributed by atoms with van der Waals surface area (Å²) in [5, 5.41) is 59.4. The summed E-state index contributed by atoms with van der Waals surface area (Å²) < 4.78 is 6.47. The van der Waals surface area contributed by atoms with E-state index in [1.54, 1.807) is 136 Å². The second-order valence-corrected chi connectivity index (χ2v) is 35.5. The average Bonchev–Trinajstić information content (AvgIpc) is 0.844. The predicted octanol–water partition coefficient (Wildman–Crippen LogP) is 24.1. The van der Waals surface area contributed by atoms with E-state index in [4.69, 9.17) is 19.9 Å². The monoisotopic (exact) mass is 1870 g/mol. The summed E-state index contributed by atoms with van der Waals surface area (Å²) in [6.07, 6.45) is 14.3. The summed E-state index contributed by atoms with van der Waals surface area (Å²) in [5.41, 5.74) is 16.0. The van der Waals surface area contributed by atoms with Crippen LogP contribution in [0.1, 0.15) is 115 Å². The van der Waals surface area contributed by atoms with E-state index in [1.807, 2.05) is 286 Å². The molecule has 0 spiro atoms. The zero-order valence-corrected chi connectivity index (χ0v) is 78.1. The zero-order valence-electron chi connectivity index (χ0n) is 74.9. The van der Waals surface area contributed by atoms with E-state index in [0.717, 1.165) is 86.5 Å². The second-order valence-electron chi connectivity index (χ2n) is 31.7. The van der Waals surface area contributed by atoms with Crippen molar-refractivity contribution in [2.24, 2.45) is 0 Å². The van der Waals surface area contributed by atoms with Crippen LogP contribution in [-0.2, 0) is 0 Å². The summed E-state index contributed by atoms with van der Waals surface area (Å²) in [7, 11) is 0. The lowest BCUT2D eigenvalue weighted by Crippen LogP contribution is -2.23. The summed E-state index contributed by atoms with van der Waals surface area (Å²) >= 11 is 6.41. The van der Waals surface area contributed by atoms with E-state index in [-0.39, 0.29) is 51.0 Å². The van der Waals surface area contributed by atoms with Gasteiger partial charge in [-0.3, -0.25) is 37.4 Å². The van der Waals surface area contributed by atoms with Crippen molar-refractivity contribution in [3.05, 3.63) is 481 Å². The number of phenolic OH excluding ortho intramolecular Hbond substituents is 5. The van der Waals surface area contributed by atoms with Crippen LogP contribution in [0.15, 0.2) is 344 Å². The highest BCUT2D eigenvalue weighted by Gasteiger charge is 2.20. The molecule has 0 saturated heterocycles. The largest absolute Gasteiger partial charge is 0.508 e. The molecule has 0 saturated carbocycles. The van der Waals surface area contributed by atoms with Gasteiger partial charge in [0.1, 0.15) is 52.0 Å². The molecule has 17 nitrogen and oxygen atoms in total. The lowest BCUT2D eigenvalue weighted by molar-refractivity contribution is 0.450. The SMILES string of the molecule is Cc1cc(C#Cc2cccs2)ccc1-n1c(/C=C/c2cc(O)ccc2O)nc2ccccc2c1=O.Cc1cc(C#Cc2cccs2)ccc1-n1c(/C=C/c2ccc(O)cc2)nc2ccccc2c1=O.Cc1cc(C#Cc2cccs2)ccc1-n1c(/C=C/c2ccc(O)cc2O)nc2ccccc2c1=O.Cc1ccccc1/C=C/c1nc2ccccc2c(=O)n1-c1ccc(C#Cc2cccs2)cc1C. The topological polar surface area (TPSA) is 241 Å². The van der Waals surface area contributed by atoms with Gasteiger partial charge >= 0.3 is 0 Å². The van der Waals surface area contributed by atoms with E-state index >= 15 is 0 Å². The number of aromatic hydroxyl groups is 5. The van der Waals surface area contributed by atoms with Crippen molar-refractivity contribution in [3.63, 3.8) is 0 Å². The minimum Gasteiger partial charge on any atom is -0.508 e. The first-order valence-corrected chi connectivity index (χ1v) is 47.0. The van der Waals surface area contributed by atoms with Crippen LogP contribution >= 0.6 is 45.3 Å². The number of thiophene rings is 4. The van der Waals surface area contributed by atoms with E-state index in [2.05, 4.69) is 66.4 Å². The molecule has 0 aliphatic rings. The van der Waals surface area contributed by atoms with Crippen LogP contribution in [0.4, 0.5) is 0 Å². The molecule has 0 fully saturated rings. The molecule has 5 N–H and O–H groups in total. The quantitative estimate of drug-likeness (QED) is 0.0565. The van der Waals surface area contributed by atoms with Crippen LogP contribution < -0.4 is 22.2 Å². The lowest BCUT2D eigenvalue weighted by Gasteiger charge is -2.14. The first kappa shape index (κ1) is 92.1. The Labute approximate surface area is 810 Å². The molecule has 0 aliphatic heterocycles. The fourth-order valence-electron chi connectivity index (χ4n) is 15.2. The smallest absolute Gasteiger partial charge is 0.266 e. The molecule has 0 unspecified atom stereocenters. The van der Waals surface area contributed by atoms with Gasteiger partial charge in [-0.05, 0) is 320 Å². The third-order valence-electron chi connectivity index (χ3n) is 22.1. The molecule has 0 atom stereocenters. The Bertz CT molecular complexity index is 8720. The van der Waals surface area contributed by atoms with Gasteiger partial charge in [-0.15, -0.1) is 45.3 Å². The molecule has 0 aliphatic carbocycles. The Balaban J connectivity index is 0.000000127. The fourth-order valence-corrected chi connectivity index (χ4v) is 17.5. The Morgan fingerprint density at radius 3 is 0.884 bits per heavy atom. The number of rotatable bonds is 12. The molecule has 138 heavy (non-hydrogen) atoms. The van der Waals surface area contributed by atoms with Crippen molar-refractivity contribution < 1.29 is 25.5 Å². The van der Waals surface area contributed by atoms with Gasteiger partial charge in [-0.1, -0.05) is 169 Å². The fraction of sp³-hybridized carbons (Fsp3) is 0.0427. The van der Waals surface area contributed by atoms with Crippen LogP contribution in [-0.4, -0.2) is 63.7 Å². The Hall–Kier alpha value is -17.8. The molecule has 0 bridgehead atoms. The standard InChI is InChI=1S/C30H22N2OS.2C29H20N2O3S.C29H20N2O2S/c1-21-8-3-4-9-24(21)15-18-29-31-27-12-6-5-11-26(27)30(33)32(29)28-17-14-23(20-22(28)2)13-16-25-10-7-19-34-25;1-19-17-20(8-13-23-5-4-16-35-23)9-14-26(19)31-28(15-11-21-10-12-22(32)18-27(21)33)30-25-7-3-2-6-24(25)29(31)34;1-19-17-20(8-12-23-5-4-16-35-23)9-13-26(19)31-28(15-10-21-18-22(32)11-14-27(21)33)30-25-7-3-2-6-24(25)29(31)34;1-20-19-22(10-15-24-5-4-18-34-24)11-16-27(20)31-28(17-12-21-8-13-23(32)14-9-21)30-26-7-3-2-6-25(26)29(31)33/h3-12,14-15,17-20H,1-2H3;2-7,9-12,14-18,32-33H,1H3;2-7,9-11,13-18,32-33H,1H3;2-9,11-14,16-19,32H,1H3/b18-15+;15-11+;15-10+;17-12+. The number of benzene rings is 12. The molecule has 8 aromatic heterocycles. The molecular formula is C117H82N8O9S4. The van der Waals surface area contributed by atoms with Crippen LogP contribution in [0, 0.1) is 82.0 Å². The summed E-state index contributed by atoms with van der Waals surface area (Å²) in [6.45, 7) is 9.91. The summed E-state index contributed by atoms with van der Waals surface area (Å²) in [5.74, 6) is 27.5. The Kier molecular flexibility index (Phi) is 28.3. The highest BCUT2D eigenvalue weighted by Crippen LogP contribution is 2.31. The Morgan fingerprint density at radius 1 is 0.246 bits per heavy atom. The van der Waals surface area contributed by atoms with Crippen molar-refractivity contribution >= 4 is 138 Å². The van der Waals surface area contributed by atoms with Gasteiger partial charge in [0.05, 0.1) is 85.9 Å². The molecule has 668 valence electrons. The first-order chi connectivity index (χ1) is 67.2. The van der Waals surface area contributed by atoms with Gasteiger partial charge in [-0.2, -0.15) is 0 Å². The highest BCUT2D eigenvalue weighted by atomic mass is 32.1. The maximum Gasteiger partial charge on any atom is 0.266 e. The maximum atomic E-state index is 13.6. The molecule has 0 amide bonds. The number of aromatic nitrogens is 8. The first-order valence-electron chi connectivity index (χ1n) is 43.5. The number of aryl methyl sites for hydroxylation is 5. The molecule has 12 aromatic carbocycles. The number of fused-ring (bicyclic) bond motifs is 4. The normalized spacial score (nSPS) is 11.0. The average molecular weight is 1870 g/mol. The van der Waals surface area contributed by atoms with Gasteiger partial charge in [0, 0.05) is 39.4 Å². The molecule has 0 radical (unpaired) electrons. The lowest BCUT2D eigenvalue weighted by atomic mass is 10.1. The van der Waals surface area contributed by atoms with Crippen molar-refractivity contribution in [2.45, 2.75) is 34.6 Å². The van der Waals surface area contributed by atoms with E-state index in [9.17, 15) is 44.7 Å². The molecule has 20 rings (SSSR count). The summed E-state index contributed by atoms with van der Waals surface area (Å²) in [6, 6.07) is 91.9. The van der Waals surface area contributed by atoms with Crippen molar-refractivity contribution in [1.29, 1.82) is 0 Å². The Morgan fingerprint density at radius 2 is 0.551 bits per heavy atom. The van der Waals surface area contributed by atoms with Crippen LogP contribution in [0.25, 0.3) is 115 Å². The van der Waals surface area contributed by atoms with Gasteiger partial charge < -0.3 is 25.5 Å². The van der Waals surface area contributed by atoms with Crippen molar-refractivity contribution in [3.8, 4) is 98.9 Å². The molecule has 8 heterocycles. The number of hydrogen-bond acceptors (Lipinski definition) is 17. The minimum absolute atomic E-state index is 0.0126. The van der Waals surface area contributed by atoms with Crippen LogP contribution in [0.5, 0.6) is 28.7 Å². The van der Waals surface area contributed by atoms with E-state index in [1.165, 1.54) is 35.9 Å². The van der Waals surface area contributed by atoms with Gasteiger partial charge in [-0.25, -0.2) is 19.9 Å². The third kappa shape index (κ3) is 21.8. The van der Waals surface area contributed by atoms with E-state index in [0.29, 0.717) is 89.4 Å². The zero-order chi connectivity index (χ0) is 95.7. The number of nitrogens with zero attached hydrogens (tertiary/aromatic N) is 8. The predicted molar refractivity (Wildman–Crippen MR) is 564 cm³/mol. The van der Waals surface area contributed by atoms with Crippen molar-refractivity contribution in [2.75, 3.05) is 0 Å². The number of hydrogen-bond donors (Lipinski definition) is 5.